The van der Waals surface area contributed by atoms with E-state index in [1.54, 1.807) is 6.07 Å². The molecule has 2 N–H and O–H groups in total. The molecule has 2 atom stereocenters. The zero-order valence-electron chi connectivity index (χ0n) is 9.76. The first kappa shape index (κ1) is 12.2. The van der Waals surface area contributed by atoms with Crippen molar-refractivity contribution in [3.63, 3.8) is 0 Å². The van der Waals surface area contributed by atoms with Crippen LogP contribution in [0.4, 0.5) is 4.39 Å². The molecular weight excluding hydrogens is 189 g/mol. The Morgan fingerprint density at radius 3 is 2.67 bits per heavy atom. The van der Waals surface area contributed by atoms with Gasteiger partial charge in [0.05, 0.1) is 0 Å². The van der Waals surface area contributed by atoms with Crippen molar-refractivity contribution in [1.82, 2.24) is 0 Å². The Morgan fingerprint density at radius 1 is 1.40 bits per heavy atom. The first-order valence-corrected chi connectivity index (χ1v) is 5.55. The van der Waals surface area contributed by atoms with Crippen molar-refractivity contribution >= 4 is 0 Å². The summed E-state index contributed by atoms with van der Waals surface area (Å²) in [7, 11) is 0. The van der Waals surface area contributed by atoms with Gasteiger partial charge in [-0.3, -0.25) is 0 Å². The van der Waals surface area contributed by atoms with Gasteiger partial charge >= 0.3 is 0 Å². The van der Waals surface area contributed by atoms with Crippen LogP contribution in [0.15, 0.2) is 18.2 Å². The van der Waals surface area contributed by atoms with Gasteiger partial charge in [-0.05, 0) is 42.5 Å². The van der Waals surface area contributed by atoms with E-state index in [0.29, 0.717) is 5.92 Å². The zero-order chi connectivity index (χ0) is 11.4. The molecule has 0 spiro atoms. The molecule has 84 valence electrons. The maximum absolute atomic E-state index is 13.0. The summed E-state index contributed by atoms with van der Waals surface area (Å²) in [5, 5.41) is 0. The molecule has 1 aromatic rings. The van der Waals surface area contributed by atoms with E-state index in [4.69, 9.17) is 5.73 Å². The molecule has 2 unspecified atom stereocenters. The number of aryl methyl sites for hydroxylation is 1. The van der Waals surface area contributed by atoms with Gasteiger partial charge in [0.1, 0.15) is 5.82 Å². The van der Waals surface area contributed by atoms with Crippen molar-refractivity contribution in [2.24, 2.45) is 11.7 Å². The molecule has 0 aliphatic carbocycles. The Bertz CT molecular complexity index is 322. The molecule has 0 aliphatic rings. The fourth-order valence-electron chi connectivity index (χ4n) is 1.62. The van der Waals surface area contributed by atoms with Crippen LogP contribution in [0.3, 0.4) is 0 Å². The van der Waals surface area contributed by atoms with E-state index in [1.807, 2.05) is 13.0 Å². The van der Waals surface area contributed by atoms with Gasteiger partial charge < -0.3 is 5.73 Å². The highest BCUT2D eigenvalue weighted by Gasteiger charge is 2.12. The van der Waals surface area contributed by atoms with Crippen LogP contribution in [0.5, 0.6) is 0 Å². The molecule has 1 rings (SSSR count). The van der Waals surface area contributed by atoms with E-state index in [0.717, 1.165) is 24.0 Å². The van der Waals surface area contributed by atoms with Crippen LogP contribution in [-0.4, -0.2) is 6.04 Å². The van der Waals surface area contributed by atoms with Gasteiger partial charge in [0.25, 0.3) is 0 Å². The molecule has 15 heavy (non-hydrogen) atoms. The normalized spacial score (nSPS) is 15.0. The van der Waals surface area contributed by atoms with E-state index in [2.05, 4.69) is 13.8 Å². The topological polar surface area (TPSA) is 26.0 Å². The van der Waals surface area contributed by atoms with Crippen LogP contribution in [0.25, 0.3) is 0 Å². The van der Waals surface area contributed by atoms with E-state index in [1.165, 1.54) is 6.07 Å². The largest absolute Gasteiger partial charge is 0.327 e. The highest BCUT2D eigenvalue weighted by atomic mass is 19.1. The molecule has 0 saturated carbocycles. The van der Waals surface area contributed by atoms with E-state index < -0.39 is 0 Å². The quantitative estimate of drug-likeness (QED) is 0.810. The predicted molar refractivity (Wildman–Crippen MR) is 62.3 cm³/mol. The maximum Gasteiger partial charge on any atom is 0.123 e. The number of hydrogen-bond donors (Lipinski definition) is 1. The summed E-state index contributed by atoms with van der Waals surface area (Å²) in [6, 6.07) is 5.02. The Labute approximate surface area is 91.5 Å². The van der Waals surface area contributed by atoms with Gasteiger partial charge in [0.15, 0.2) is 0 Å². The molecule has 0 amide bonds. The number of halogens is 1. The van der Waals surface area contributed by atoms with Crippen molar-refractivity contribution in [2.75, 3.05) is 0 Å². The summed E-state index contributed by atoms with van der Waals surface area (Å²) in [6.45, 7) is 6.26. The maximum atomic E-state index is 13.0. The molecule has 0 saturated heterocycles. The number of benzene rings is 1. The predicted octanol–water partition coefficient (Wildman–Crippen LogP) is 3.05. The average molecular weight is 209 g/mol. The Morgan fingerprint density at radius 2 is 2.07 bits per heavy atom. The second kappa shape index (κ2) is 5.26. The van der Waals surface area contributed by atoms with E-state index in [9.17, 15) is 4.39 Å². The van der Waals surface area contributed by atoms with Crippen LogP contribution in [-0.2, 0) is 6.42 Å². The molecule has 0 heterocycles. The first-order valence-electron chi connectivity index (χ1n) is 5.55. The van der Waals surface area contributed by atoms with Crippen molar-refractivity contribution in [1.29, 1.82) is 0 Å². The van der Waals surface area contributed by atoms with E-state index in [-0.39, 0.29) is 11.9 Å². The summed E-state index contributed by atoms with van der Waals surface area (Å²) < 4.78 is 13.0. The van der Waals surface area contributed by atoms with Crippen LogP contribution >= 0.6 is 0 Å². The molecule has 0 aliphatic heterocycles. The summed E-state index contributed by atoms with van der Waals surface area (Å²) in [5.41, 5.74) is 8.21. The molecule has 0 fully saturated rings. The fourth-order valence-corrected chi connectivity index (χ4v) is 1.62. The Hall–Kier alpha value is -0.890. The van der Waals surface area contributed by atoms with Crippen molar-refractivity contribution in [3.8, 4) is 0 Å². The van der Waals surface area contributed by atoms with Gasteiger partial charge in [-0.15, -0.1) is 0 Å². The molecule has 0 bridgehead atoms. The lowest BCUT2D eigenvalue weighted by Gasteiger charge is -2.19. The lowest BCUT2D eigenvalue weighted by molar-refractivity contribution is 0.439. The number of hydrogen-bond acceptors (Lipinski definition) is 1. The zero-order valence-corrected chi connectivity index (χ0v) is 9.76. The Kier molecular flexibility index (Phi) is 4.28. The van der Waals surface area contributed by atoms with Gasteiger partial charge in [-0.1, -0.05) is 26.3 Å². The molecule has 0 radical (unpaired) electrons. The summed E-state index contributed by atoms with van der Waals surface area (Å²) >= 11 is 0. The summed E-state index contributed by atoms with van der Waals surface area (Å²) in [5.74, 6) is 0.305. The van der Waals surface area contributed by atoms with Crippen molar-refractivity contribution in [2.45, 2.75) is 39.7 Å². The molecule has 0 aromatic heterocycles. The standard InChI is InChI=1S/C13H20FN/c1-4-9(2)13(15)8-11-7-12(14)6-5-10(11)3/h5-7,9,13H,4,8,15H2,1-3H3. The number of nitrogens with two attached hydrogens (primary N) is 1. The minimum Gasteiger partial charge on any atom is -0.327 e. The molecule has 1 aromatic carbocycles. The van der Waals surface area contributed by atoms with Gasteiger partial charge in [0, 0.05) is 6.04 Å². The van der Waals surface area contributed by atoms with Crippen LogP contribution in [0.1, 0.15) is 31.4 Å². The molecule has 2 heteroatoms. The third-order valence-corrected chi connectivity index (χ3v) is 3.14. The molecule has 1 nitrogen and oxygen atoms in total. The smallest absolute Gasteiger partial charge is 0.123 e. The lowest BCUT2D eigenvalue weighted by Crippen LogP contribution is -2.30. The number of rotatable bonds is 4. The highest BCUT2D eigenvalue weighted by Crippen LogP contribution is 2.16. The first-order chi connectivity index (χ1) is 7.04. The van der Waals surface area contributed by atoms with Crippen LogP contribution in [0, 0.1) is 18.7 Å². The highest BCUT2D eigenvalue weighted by molar-refractivity contribution is 5.27. The van der Waals surface area contributed by atoms with Crippen molar-refractivity contribution in [3.05, 3.63) is 35.1 Å². The second-order valence-electron chi connectivity index (χ2n) is 4.32. The SMILES string of the molecule is CCC(C)C(N)Cc1cc(F)ccc1C. The van der Waals surface area contributed by atoms with Gasteiger partial charge in [0.2, 0.25) is 0 Å². The third-order valence-electron chi connectivity index (χ3n) is 3.14. The summed E-state index contributed by atoms with van der Waals surface area (Å²) in [6.07, 6.45) is 1.83. The minimum atomic E-state index is -0.174. The average Bonchev–Trinajstić information content (AvgIpc) is 2.22. The molecular formula is C13H20FN. The monoisotopic (exact) mass is 209 g/mol. The third kappa shape index (κ3) is 3.31. The van der Waals surface area contributed by atoms with E-state index >= 15 is 0 Å². The lowest BCUT2D eigenvalue weighted by atomic mass is 9.92. The fraction of sp³-hybridized carbons (Fsp3) is 0.538. The van der Waals surface area contributed by atoms with Crippen LogP contribution < -0.4 is 5.73 Å². The Balaban J connectivity index is 2.75. The summed E-state index contributed by atoms with van der Waals surface area (Å²) in [4.78, 5) is 0. The second-order valence-corrected chi connectivity index (χ2v) is 4.32. The van der Waals surface area contributed by atoms with Crippen LogP contribution in [0.2, 0.25) is 0 Å². The van der Waals surface area contributed by atoms with Gasteiger partial charge in [-0.25, -0.2) is 4.39 Å². The van der Waals surface area contributed by atoms with Crippen molar-refractivity contribution < 1.29 is 4.39 Å². The van der Waals surface area contributed by atoms with Gasteiger partial charge in [-0.2, -0.15) is 0 Å². The minimum absolute atomic E-state index is 0.121.